The molecule has 0 radical (unpaired) electrons. The van der Waals surface area contributed by atoms with Gasteiger partial charge in [-0.3, -0.25) is 0 Å². The maximum atomic E-state index is 8.90. The minimum absolute atomic E-state index is 0.704. The predicted molar refractivity (Wildman–Crippen MR) is 76.6 cm³/mol. The zero-order chi connectivity index (χ0) is 13.1. The van der Waals surface area contributed by atoms with E-state index in [1.807, 2.05) is 32.0 Å². The molecule has 0 saturated carbocycles. The van der Waals surface area contributed by atoms with Crippen molar-refractivity contribution in [1.82, 2.24) is 4.98 Å². The summed E-state index contributed by atoms with van der Waals surface area (Å²) in [6, 6.07) is 14.2. The molecule has 0 unspecified atom stereocenters. The molecule has 3 aromatic rings. The van der Waals surface area contributed by atoms with Gasteiger partial charge in [-0.15, -0.1) is 0 Å². The smallest absolute Gasteiger partial charge is 0.0991 e. The lowest BCUT2D eigenvalue weighted by atomic mass is 10.1. The number of H-pyrrole nitrogens is 1. The largest absolute Gasteiger partial charge is 0.355 e. The minimum Gasteiger partial charge on any atom is -0.355 e. The highest BCUT2D eigenvalue weighted by Crippen LogP contribution is 2.26. The third-order valence-electron chi connectivity index (χ3n) is 2.88. The number of fused-ring (bicyclic) bond motifs is 3. The maximum Gasteiger partial charge on any atom is 0.0991 e. The summed E-state index contributed by atoms with van der Waals surface area (Å²) < 4.78 is 0. The topological polar surface area (TPSA) is 39.6 Å². The van der Waals surface area contributed by atoms with Crippen molar-refractivity contribution < 1.29 is 0 Å². The van der Waals surface area contributed by atoms with Crippen molar-refractivity contribution in [2.24, 2.45) is 0 Å². The standard InChI is InChI=1S/C14H10N2.C2H6/c1-9-2-4-13-11(6-9)12-7-10(8-15)3-5-14(12)16-13;1-2/h2-7,16H,1H3;1-2H3. The van der Waals surface area contributed by atoms with Gasteiger partial charge < -0.3 is 4.98 Å². The Morgan fingerprint density at radius 2 is 1.56 bits per heavy atom. The Kier molecular flexibility index (Phi) is 3.34. The molecule has 0 fully saturated rings. The molecular formula is C16H16N2. The fourth-order valence-corrected chi connectivity index (χ4v) is 2.08. The van der Waals surface area contributed by atoms with E-state index in [9.17, 15) is 0 Å². The summed E-state index contributed by atoms with van der Waals surface area (Å²) in [5.74, 6) is 0. The molecule has 0 aliphatic heterocycles. The first-order valence-corrected chi connectivity index (χ1v) is 6.20. The van der Waals surface area contributed by atoms with Gasteiger partial charge in [0.1, 0.15) is 0 Å². The second-order valence-electron chi connectivity index (χ2n) is 4.05. The van der Waals surface area contributed by atoms with Crippen LogP contribution in [-0.4, -0.2) is 4.98 Å². The molecule has 2 nitrogen and oxygen atoms in total. The van der Waals surface area contributed by atoms with Crippen LogP contribution in [0.25, 0.3) is 21.8 Å². The third kappa shape index (κ3) is 1.96. The van der Waals surface area contributed by atoms with Crippen LogP contribution in [0.5, 0.6) is 0 Å². The van der Waals surface area contributed by atoms with Gasteiger partial charge in [0.15, 0.2) is 0 Å². The van der Waals surface area contributed by atoms with E-state index in [1.54, 1.807) is 0 Å². The first kappa shape index (κ1) is 12.2. The molecule has 0 aliphatic carbocycles. The van der Waals surface area contributed by atoms with Gasteiger partial charge in [-0.25, -0.2) is 0 Å². The molecule has 0 aliphatic rings. The zero-order valence-electron chi connectivity index (χ0n) is 10.9. The Balaban J connectivity index is 0.000000574. The molecule has 0 atom stereocenters. The molecule has 2 aromatic carbocycles. The number of aromatic nitrogens is 1. The van der Waals surface area contributed by atoms with Gasteiger partial charge in [0.25, 0.3) is 0 Å². The van der Waals surface area contributed by atoms with Crippen molar-refractivity contribution in [2.75, 3.05) is 0 Å². The van der Waals surface area contributed by atoms with E-state index in [-0.39, 0.29) is 0 Å². The van der Waals surface area contributed by atoms with Crippen LogP contribution < -0.4 is 0 Å². The Labute approximate surface area is 107 Å². The number of hydrogen-bond acceptors (Lipinski definition) is 1. The fourth-order valence-electron chi connectivity index (χ4n) is 2.08. The third-order valence-corrected chi connectivity index (χ3v) is 2.88. The van der Waals surface area contributed by atoms with Crippen LogP contribution in [-0.2, 0) is 0 Å². The molecule has 18 heavy (non-hydrogen) atoms. The molecular weight excluding hydrogens is 220 g/mol. The van der Waals surface area contributed by atoms with Crippen LogP contribution in [0, 0.1) is 18.3 Å². The van der Waals surface area contributed by atoms with Crippen LogP contribution >= 0.6 is 0 Å². The summed E-state index contributed by atoms with van der Waals surface area (Å²) >= 11 is 0. The molecule has 0 amide bonds. The molecule has 1 N–H and O–H groups in total. The van der Waals surface area contributed by atoms with Gasteiger partial charge in [0.2, 0.25) is 0 Å². The molecule has 3 rings (SSSR count). The van der Waals surface area contributed by atoms with Crippen molar-refractivity contribution in [3.63, 3.8) is 0 Å². The van der Waals surface area contributed by atoms with Crippen molar-refractivity contribution in [1.29, 1.82) is 5.26 Å². The van der Waals surface area contributed by atoms with Gasteiger partial charge >= 0.3 is 0 Å². The van der Waals surface area contributed by atoms with Gasteiger partial charge in [-0.05, 0) is 37.3 Å². The number of aryl methyl sites for hydroxylation is 1. The Bertz CT molecular complexity index is 730. The monoisotopic (exact) mass is 236 g/mol. The van der Waals surface area contributed by atoms with E-state index in [0.717, 1.165) is 16.4 Å². The van der Waals surface area contributed by atoms with Crippen molar-refractivity contribution in [3.05, 3.63) is 47.5 Å². The Hall–Kier alpha value is -2.27. The minimum atomic E-state index is 0.704. The first-order valence-electron chi connectivity index (χ1n) is 6.20. The van der Waals surface area contributed by atoms with E-state index >= 15 is 0 Å². The van der Waals surface area contributed by atoms with E-state index < -0.39 is 0 Å². The lowest BCUT2D eigenvalue weighted by Gasteiger charge is -1.93. The molecule has 0 saturated heterocycles. The van der Waals surface area contributed by atoms with Crippen LogP contribution in [0.1, 0.15) is 25.0 Å². The van der Waals surface area contributed by atoms with Gasteiger partial charge in [-0.2, -0.15) is 5.26 Å². The molecule has 2 heteroatoms. The molecule has 1 aromatic heterocycles. The van der Waals surface area contributed by atoms with Crippen molar-refractivity contribution >= 4 is 21.8 Å². The summed E-state index contributed by atoms with van der Waals surface area (Å²) in [6.07, 6.45) is 0. The number of aromatic amines is 1. The molecule has 90 valence electrons. The summed E-state index contributed by atoms with van der Waals surface area (Å²) in [6.45, 7) is 6.08. The summed E-state index contributed by atoms with van der Waals surface area (Å²) in [5, 5.41) is 11.2. The van der Waals surface area contributed by atoms with Gasteiger partial charge in [0, 0.05) is 21.8 Å². The first-order chi connectivity index (χ1) is 8.78. The zero-order valence-corrected chi connectivity index (χ0v) is 10.9. The fraction of sp³-hybridized carbons (Fsp3) is 0.188. The highest BCUT2D eigenvalue weighted by atomic mass is 14.7. The van der Waals surface area contributed by atoms with E-state index in [4.69, 9.17) is 5.26 Å². The molecule has 0 spiro atoms. The van der Waals surface area contributed by atoms with Crippen LogP contribution in [0.15, 0.2) is 36.4 Å². The quantitative estimate of drug-likeness (QED) is 0.612. The normalized spacial score (nSPS) is 9.89. The summed E-state index contributed by atoms with van der Waals surface area (Å²) in [5.41, 5.74) is 4.14. The lowest BCUT2D eigenvalue weighted by Crippen LogP contribution is -1.73. The second-order valence-corrected chi connectivity index (χ2v) is 4.05. The Morgan fingerprint density at radius 3 is 2.22 bits per heavy atom. The number of nitrogens with zero attached hydrogens (tertiary/aromatic N) is 1. The number of hydrogen-bond donors (Lipinski definition) is 1. The number of rotatable bonds is 0. The van der Waals surface area contributed by atoms with Crippen LogP contribution in [0.4, 0.5) is 0 Å². The average Bonchev–Trinajstić information content (AvgIpc) is 2.78. The van der Waals surface area contributed by atoms with Crippen molar-refractivity contribution in [2.45, 2.75) is 20.8 Å². The molecule has 1 heterocycles. The van der Waals surface area contributed by atoms with E-state index in [0.29, 0.717) is 5.56 Å². The van der Waals surface area contributed by atoms with E-state index in [2.05, 4.69) is 36.2 Å². The SMILES string of the molecule is CC.Cc1ccc2[nH]c3ccc(C#N)cc3c2c1. The molecule has 0 bridgehead atoms. The Morgan fingerprint density at radius 1 is 0.944 bits per heavy atom. The highest BCUT2D eigenvalue weighted by molar-refractivity contribution is 6.07. The lowest BCUT2D eigenvalue weighted by molar-refractivity contribution is 1.48. The number of nitrogens with one attached hydrogen (secondary N) is 1. The van der Waals surface area contributed by atoms with E-state index in [1.165, 1.54) is 10.9 Å². The van der Waals surface area contributed by atoms with Crippen LogP contribution in [0.3, 0.4) is 0 Å². The summed E-state index contributed by atoms with van der Waals surface area (Å²) in [7, 11) is 0. The number of benzene rings is 2. The second kappa shape index (κ2) is 4.93. The maximum absolute atomic E-state index is 8.90. The number of nitriles is 1. The average molecular weight is 236 g/mol. The van der Waals surface area contributed by atoms with Gasteiger partial charge in [0.05, 0.1) is 11.6 Å². The van der Waals surface area contributed by atoms with Crippen molar-refractivity contribution in [3.8, 4) is 6.07 Å². The predicted octanol–water partition coefficient (Wildman–Crippen LogP) is 4.53. The van der Waals surface area contributed by atoms with Crippen LogP contribution in [0.2, 0.25) is 0 Å². The highest BCUT2D eigenvalue weighted by Gasteiger charge is 2.04. The van der Waals surface area contributed by atoms with Gasteiger partial charge in [-0.1, -0.05) is 25.5 Å². The summed E-state index contributed by atoms with van der Waals surface area (Å²) in [4.78, 5) is 3.35.